The molecule has 0 aliphatic carbocycles. The molecule has 0 saturated carbocycles. The zero-order valence-electron chi connectivity index (χ0n) is 27.5. The fraction of sp³-hybridized carbons (Fsp3) is 0.486. The van der Waals surface area contributed by atoms with Crippen molar-refractivity contribution in [1.29, 1.82) is 0 Å². The topological polar surface area (TPSA) is 100 Å². The number of rotatable bonds is 11. The SMILES string of the molecule is CCCCC1N(C(=O)c2ncccc2C(F)(F)F)CCCC1(Oc1csc(C(F)(F)F)c1)C(=O)N1Cc2ccc(Cl)cc2CC1CCCC(=O)O. The van der Waals surface area contributed by atoms with Gasteiger partial charge in [-0.15, -0.1) is 11.3 Å². The van der Waals surface area contributed by atoms with Crippen LogP contribution in [0.5, 0.6) is 5.75 Å². The van der Waals surface area contributed by atoms with Crippen molar-refractivity contribution >= 4 is 40.7 Å². The maximum absolute atomic E-state index is 15.3. The summed E-state index contributed by atoms with van der Waals surface area (Å²) >= 11 is 6.64. The van der Waals surface area contributed by atoms with Crippen LogP contribution in [-0.4, -0.2) is 61.9 Å². The Balaban J connectivity index is 1.64. The molecule has 1 saturated heterocycles. The lowest BCUT2D eigenvalue weighted by atomic mass is 9.78. The second-order valence-corrected chi connectivity index (χ2v) is 14.1. The Morgan fingerprint density at radius 3 is 2.47 bits per heavy atom. The summed E-state index contributed by atoms with van der Waals surface area (Å²) in [5.74, 6) is -3.03. The number of hydrogen-bond donors (Lipinski definition) is 1. The molecule has 1 fully saturated rings. The average Bonchev–Trinajstić information content (AvgIpc) is 3.55. The van der Waals surface area contributed by atoms with E-state index in [1.54, 1.807) is 18.2 Å². The molecule has 3 atom stereocenters. The molecule has 2 aromatic heterocycles. The summed E-state index contributed by atoms with van der Waals surface area (Å²) in [6.07, 6.45) is -6.92. The highest BCUT2D eigenvalue weighted by atomic mass is 35.5. The van der Waals surface area contributed by atoms with Gasteiger partial charge in [0.05, 0.1) is 11.6 Å². The zero-order valence-corrected chi connectivity index (χ0v) is 29.1. The third-order valence-electron chi connectivity index (χ3n) is 9.38. The molecular formula is C35H36ClF6N3O5S. The first-order chi connectivity index (χ1) is 24.0. The number of thiophene rings is 1. The van der Waals surface area contributed by atoms with Crippen LogP contribution in [0.25, 0.3) is 0 Å². The van der Waals surface area contributed by atoms with Gasteiger partial charge in [0, 0.05) is 54.6 Å². The van der Waals surface area contributed by atoms with Crippen molar-refractivity contribution in [3.63, 3.8) is 0 Å². The number of carboxylic acid groups (broad SMARTS) is 1. The number of alkyl halides is 6. The highest BCUT2D eigenvalue weighted by molar-refractivity contribution is 7.10. The van der Waals surface area contributed by atoms with Crippen LogP contribution < -0.4 is 4.74 Å². The summed E-state index contributed by atoms with van der Waals surface area (Å²) in [6, 6.07) is 5.95. The molecule has 1 aromatic carbocycles. The molecule has 2 amide bonds. The first kappa shape index (κ1) is 38.4. The molecule has 51 heavy (non-hydrogen) atoms. The molecule has 1 N–H and O–H groups in total. The molecule has 4 heterocycles. The fourth-order valence-corrected chi connectivity index (χ4v) is 7.91. The van der Waals surface area contributed by atoms with Crippen molar-refractivity contribution in [3.05, 3.63) is 80.3 Å². The van der Waals surface area contributed by atoms with Gasteiger partial charge < -0.3 is 19.6 Å². The summed E-state index contributed by atoms with van der Waals surface area (Å²) in [5, 5.41) is 10.9. The number of halogens is 7. The number of amides is 2. The molecular weight excluding hydrogens is 724 g/mol. The number of fused-ring (bicyclic) bond motifs is 1. The number of nitrogens with zero attached hydrogens (tertiary/aromatic N) is 3. The standard InChI is InChI=1S/C35H36ClF6N3O5S/c1-2-3-9-27-33(50-25-18-28(51-20-25)35(40,41)42,13-6-15-44(27)31(48)30-26(34(37,38)39)8-5-14-43-30)32(49)45-19-21-11-12-23(36)16-22(21)17-24(45)7-4-10-29(46)47/h5,8,11-12,14,16,18,20,24,27H,2-4,6-7,9-10,13,15,17,19H2,1H3,(H,46,47). The summed E-state index contributed by atoms with van der Waals surface area (Å²) in [5.41, 5.74) is -2.56. The molecule has 3 unspecified atom stereocenters. The molecule has 3 aromatic rings. The number of aromatic nitrogens is 1. The molecule has 0 radical (unpaired) electrons. The van der Waals surface area contributed by atoms with Gasteiger partial charge in [-0.2, -0.15) is 26.3 Å². The Kier molecular flexibility index (Phi) is 11.6. The number of hydrogen-bond acceptors (Lipinski definition) is 6. The molecule has 2 aliphatic rings. The van der Waals surface area contributed by atoms with Gasteiger partial charge >= 0.3 is 18.3 Å². The van der Waals surface area contributed by atoms with E-state index >= 15 is 4.79 Å². The fourth-order valence-electron chi connectivity index (χ4n) is 7.04. The minimum absolute atomic E-state index is 0.0263. The molecule has 0 bridgehead atoms. The highest BCUT2D eigenvalue weighted by Crippen LogP contribution is 2.44. The van der Waals surface area contributed by atoms with Crippen molar-refractivity contribution in [2.45, 2.75) is 101 Å². The van der Waals surface area contributed by atoms with Crippen LogP contribution in [0.1, 0.15) is 90.3 Å². The normalized spacial score (nSPS) is 20.9. The van der Waals surface area contributed by atoms with E-state index in [0.29, 0.717) is 35.6 Å². The van der Waals surface area contributed by atoms with Crippen LogP contribution >= 0.6 is 22.9 Å². The van der Waals surface area contributed by atoms with Gasteiger partial charge in [-0.3, -0.25) is 19.4 Å². The smallest absolute Gasteiger partial charge is 0.425 e. The predicted molar refractivity (Wildman–Crippen MR) is 176 cm³/mol. The van der Waals surface area contributed by atoms with Gasteiger partial charge in [0.1, 0.15) is 16.3 Å². The third kappa shape index (κ3) is 8.45. The Bertz CT molecular complexity index is 1750. The Labute approximate surface area is 299 Å². The van der Waals surface area contributed by atoms with Crippen LogP contribution in [0, 0.1) is 0 Å². The van der Waals surface area contributed by atoms with Crippen molar-refractivity contribution in [2.75, 3.05) is 6.54 Å². The third-order valence-corrected chi connectivity index (χ3v) is 10.6. The van der Waals surface area contributed by atoms with Crippen molar-refractivity contribution < 1.29 is 50.6 Å². The van der Waals surface area contributed by atoms with Crippen LogP contribution in [0.2, 0.25) is 5.02 Å². The number of likely N-dealkylation sites (tertiary alicyclic amines) is 1. The van der Waals surface area contributed by atoms with Gasteiger partial charge in [0.25, 0.3) is 11.8 Å². The number of piperidine rings is 1. The van der Waals surface area contributed by atoms with Crippen molar-refractivity contribution in [3.8, 4) is 5.75 Å². The molecule has 5 rings (SSSR count). The van der Waals surface area contributed by atoms with E-state index in [1.165, 1.54) is 4.90 Å². The molecule has 8 nitrogen and oxygen atoms in total. The van der Waals surface area contributed by atoms with E-state index in [9.17, 15) is 41.0 Å². The number of carbonyl (C=O) groups excluding carboxylic acids is 2. The highest BCUT2D eigenvalue weighted by Gasteiger charge is 2.57. The largest absolute Gasteiger partial charge is 0.481 e. The van der Waals surface area contributed by atoms with Gasteiger partial charge in [-0.1, -0.05) is 37.4 Å². The van der Waals surface area contributed by atoms with E-state index in [2.05, 4.69) is 4.98 Å². The quantitative estimate of drug-likeness (QED) is 0.197. The van der Waals surface area contributed by atoms with Crippen molar-refractivity contribution in [2.24, 2.45) is 0 Å². The first-order valence-electron chi connectivity index (χ1n) is 16.5. The maximum Gasteiger partial charge on any atom is 0.425 e. The molecule has 0 spiro atoms. The second-order valence-electron chi connectivity index (χ2n) is 12.8. The van der Waals surface area contributed by atoms with Gasteiger partial charge in [0.2, 0.25) is 5.60 Å². The second kappa shape index (κ2) is 15.4. The lowest BCUT2D eigenvalue weighted by Gasteiger charge is -2.51. The number of benzene rings is 1. The van der Waals surface area contributed by atoms with E-state index in [0.717, 1.165) is 45.8 Å². The average molecular weight is 760 g/mol. The molecule has 2 aliphatic heterocycles. The van der Waals surface area contributed by atoms with E-state index in [4.69, 9.17) is 16.3 Å². The number of carboxylic acids is 1. The summed E-state index contributed by atoms with van der Waals surface area (Å²) in [7, 11) is 0. The minimum atomic E-state index is -4.92. The van der Waals surface area contributed by atoms with Gasteiger partial charge in [-0.25, -0.2) is 0 Å². The van der Waals surface area contributed by atoms with E-state index in [-0.39, 0.29) is 57.4 Å². The predicted octanol–water partition coefficient (Wildman–Crippen LogP) is 8.66. The van der Waals surface area contributed by atoms with E-state index in [1.807, 2.05) is 6.92 Å². The minimum Gasteiger partial charge on any atom is -0.481 e. The zero-order chi connectivity index (χ0) is 37.1. The summed E-state index contributed by atoms with van der Waals surface area (Å²) < 4.78 is 89.9. The Morgan fingerprint density at radius 1 is 1.04 bits per heavy atom. The lowest BCUT2D eigenvalue weighted by molar-refractivity contribution is -0.163. The summed E-state index contributed by atoms with van der Waals surface area (Å²) in [4.78, 5) is 46.3. The van der Waals surface area contributed by atoms with Crippen LogP contribution in [-0.2, 0) is 34.9 Å². The first-order valence-corrected chi connectivity index (χ1v) is 17.8. The number of aliphatic carboxylic acids is 1. The number of unbranched alkanes of at least 4 members (excludes halogenated alkanes) is 1. The number of pyridine rings is 1. The van der Waals surface area contributed by atoms with Crippen LogP contribution in [0.3, 0.4) is 0 Å². The Hall–Kier alpha value is -3.85. The van der Waals surface area contributed by atoms with Gasteiger partial charge in [-0.05, 0) is 67.5 Å². The molecule has 16 heteroatoms. The van der Waals surface area contributed by atoms with Crippen LogP contribution in [0.15, 0.2) is 48.0 Å². The van der Waals surface area contributed by atoms with Crippen LogP contribution in [0.4, 0.5) is 26.3 Å². The monoisotopic (exact) mass is 759 g/mol. The Morgan fingerprint density at radius 2 is 1.80 bits per heavy atom. The van der Waals surface area contributed by atoms with Crippen molar-refractivity contribution in [1.82, 2.24) is 14.8 Å². The maximum atomic E-state index is 15.3. The number of ether oxygens (including phenoxy) is 1. The van der Waals surface area contributed by atoms with Gasteiger partial charge in [0.15, 0.2) is 0 Å². The molecule has 276 valence electrons. The number of carbonyl (C=O) groups is 3. The lowest BCUT2D eigenvalue weighted by Crippen LogP contribution is -2.69. The summed E-state index contributed by atoms with van der Waals surface area (Å²) in [6.45, 7) is 1.82. The van der Waals surface area contributed by atoms with E-state index < -0.39 is 64.0 Å².